The molecule has 0 spiro atoms. The topological polar surface area (TPSA) is 62.3 Å². The van der Waals surface area contributed by atoms with Gasteiger partial charge in [-0.25, -0.2) is 0 Å². The summed E-state index contributed by atoms with van der Waals surface area (Å²) in [4.78, 5) is 16.3. The van der Waals surface area contributed by atoms with E-state index in [2.05, 4.69) is 4.98 Å². The summed E-state index contributed by atoms with van der Waals surface area (Å²) in [5, 5.41) is 11.7. The second-order valence-electron chi connectivity index (χ2n) is 7.34. The second-order valence-corrected chi connectivity index (χ2v) is 9.54. The normalized spacial score (nSPS) is 32.4. The van der Waals surface area contributed by atoms with Gasteiger partial charge in [-0.15, -0.1) is 11.8 Å². The van der Waals surface area contributed by atoms with Crippen molar-refractivity contribution in [2.45, 2.75) is 42.4 Å². The summed E-state index contributed by atoms with van der Waals surface area (Å²) in [6.07, 6.45) is 3.97. The number of nitrogens with one attached hydrogen (secondary N) is 1. The molecule has 0 unspecified atom stereocenters. The van der Waals surface area contributed by atoms with Crippen LogP contribution in [0.5, 0.6) is 11.5 Å². The molecule has 2 heterocycles. The van der Waals surface area contributed by atoms with Crippen LogP contribution in [0.1, 0.15) is 42.5 Å². The van der Waals surface area contributed by atoms with Gasteiger partial charge >= 0.3 is 4.87 Å². The van der Waals surface area contributed by atoms with Crippen molar-refractivity contribution in [2.24, 2.45) is 17.8 Å². The highest BCUT2D eigenvalue weighted by Gasteiger charge is 2.54. The van der Waals surface area contributed by atoms with E-state index < -0.39 is 0 Å². The number of benzene rings is 1. The molecule has 3 aliphatic rings. The van der Waals surface area contributed by atoms with Crippen molar-refractivity contribution in [3.63, 3.8) is 0 Å². The lowest BCUT2D eigenvalue weighted by atomic mass is 9.75. The first-order valence-corrected chi connectivity index (χ1v) is 10.7. The maximum atomic E-state index is 12.0. The fourth-order valence-electron chi connectivity index (χ4n) is 5.22. The molecule has 2 bridgehead atoms. The van der Waals surface area contributed by atoms with E-state index in [1.54, 1.807) is 6.07 Å². The van der Waals surface area contributed by atoms with Gasteiger partial charge in [0.1, 0.15) is 0 Å². The fraction of sp³-hybridized carbons (Fsp3) is 0.526. The van der Waals surface area contributed by atoms with Crippen molar-refractivity contribution >= 4 is 23.1 Å². The molecule has 2 aromatic rings. The zero-order valence-corrected chi connectivity index (χ0v) is 15.7. The molecule has 1 aromatic carbocycles. The molecule has 5 atom stereocenters. The van der Waals surface area contributed by atoms with Gasteiger partial charge < -0.3 is 14.8 Å². The van der Waals surface area contributed by atoms with Gasteiger partial charge in [0.25, 0.3) is 0 Å². The third-order valence-corrected chi connectivity index (χ3v) is 8.73. The number of hydrogen-bond donors (Lipinski definition) is 2. The molecule has 25 heavy (non-hydrogen) atoms. The molecule has 0 radical (unpaired) electrons. The van der Waals surface area contributed by atoms with Crippen LogP contribution in [-0.2, 0) is 0 Å². The monoisotopic (exact) mass is 375 g/mol. The fourth-order valence-corrected chi connectivity index (χ4v) is 8.11. The number of rotatable bonds is 3. The predicted molar refractivity (Wildman–Crippen MR) is 100 cm³/mol. The number of aromatic amines is 1. The molecule has 1 aromatic heterocycles. The summed E-state index contributed by atoms with van der Waals surface area (Å²) >= 11 is 3.26. The Morgan fingerprint density at radius 1 is 1.32 bits per heavy atom. The lowest BCUT2D eigenvalue weighted by Gasteiger charge is -2.40. The first-order valence-electron chi connectivity index (χ1n) is 9.01. The minimum atomic E-state index is 0.0404. The minimum absolute atomic E-state index is 0.0404. The van der Waals surface area contributed by atoms with Gasteiger partial charge in [0, 0.05) is 16.0 Å². The van der Waals surface area contributed by atoms with Gasteiger partial charge in [0.05, 0.1) is 11.6 Å². The molecule has 2 N–H and O–H groups in total. The molecule has 6 heteroatoms. The lowest BCUT2D eigenvalue weighted by Crippen LogP contribution is -2.33. The van der Waals surface area contributed by atoms with Gasteiger partial charge in [-0.05, 0) is 61.6 Å². The summed E-state index contributed by atoms with van der Waals surface area (Å²) in [5.41, 5.74) is 1.17. The molecule has 2 aliphatic carbocycles. The van der Waals surface area contributed by atoms with Gasteiger partial charge in [0.2, 0.25) is 0 Å². The molecule has 2 fully saturated rings. The zero-order chi connectivity index (χ0) is 17.1. The van der Waals surface area contributed by atoms with E-state index in [0.717, 1.165) is 16.9 Å². The second kappa shape index (κ2) is 5.81. The van der Waals surface area contributed by atoms with Crippen LogP contribution in [0.15, 0.2) is 28.0 Å². The van der Waals surface area contributed by atoms with Crippen LogP contribution < -0.4 is 9.61 Å². The van der Waals surface area contributed by atoms with E-state index in [1.807, 2.05) is 30.8 Å². The minimum Gasteiger partial charge on any atom is -0.504 e. The SMILES string of the molecule is CCOc1cc([C@H]2c3sc(=O)[nH]c3S[C@@H]3[C@H]4CC[C@H](C4)[C@H]23)ccc1O. The Kier molecular flexibility index (Phi) is 3.68. The Morgan fingerprint density at radius 3 is 3.00 bits per heavy atom. The van der Waals surface area contributed by atoms with Gasteiger partial charge in [-0.3, -0.25) is 4.79 Å². The standard InChI is InChI=1S/C19H21NO3S2/c1-2-23-13-8-10(5-6-12(13)21)15-14-9-3-4-11(7-9)16(14)24-18-17(15)25-19(22)20-18/h5-6,8-9,11,14-16,21H,2-4,7H2,1H3,(H,20,22)/t9-,11+,14-,15-,16-/m1/s1. The van der Waals surface area contributed by atoms with Crippen LogP contribution in [0, 0.1) is 17.8 Å². The average Bonchev–Trinajstić information content (AvgIpc) is 3.28. The number of phenolic OH excluding ortho intramolecular Hbond substituents is 1. The Labute approximate surface area is 154 Å². The average molecular weight is 376 g/mol. The van der Waals surface area contributed by atoms with E-state index in [4.69, 9.17) is 4.74 Å². The van der Waals surface area contributed by atoms with E-state index in [-0.39, 0.29) is 16.5 Å². The number of aromatic nitrogens is 1. The molecule has 5 rings (SSSR count). The number of thioether (sulfide) groups is 1. The Hall–Kier alpha value is -1.40. The molecular formula is C19H21NO3S2. The van der Waals surface area contributed by atoms with Gasteiger partial charge in [-0.2, -0.15) is 0 Å². The van der Waals surface area contributed by atoms with E-state index >= 15 is 0 Å². The summed E-state index contributed by atoms with van der Waals surface area (Å²) in [7, 11) is 0. The zero-order valence-electron chi connectivity index (χ0n) is 14.0. The van der Waals surface area contributed by atoms with Crippen molar-refractivity contribution < 1.29 is 9.84 Å². The van der Waals surface area contributed by atoms with Crippen molar-refractivity contribution in [2.75, 3.05) is 6.61 Å². The predicted octanol–water partition coefficient (Wildman–Crippen LogP) is 4.19. The number of hydrogen-bond acceptors (Lipinski definition) is 5. The number of H-pyrrole nitrogens is 1. The number of aromatic hydroxyl groups is 1. The first-order chi connectivity index (χ1) is 12.2. The molecule has 0 saturated heterocycles. The third kappa shape index (κ3) is 2.37. The molecule has 2 saturated carbocycles. The van der Waals surface area contributed by atoms with E-state index in [0.29, 0.717) is 23.5 Å². The smallest absolute Gasteiger partial charge is 0.305 e. The van der Waals surface area contributed by atoms with Gasteiger partial charge in [-0.1, -0.05) is 17.4 Å². The first kappa shape index (κ1) is 15.8. The molecule has 132 valence electrons. The van der Waals surface area contributed by atoms with E-state index in [1.165, 1.54) is 41.0 Å². The maximum absolute atomic E-state index is 12.0. The van der Waals surface area contributed by atoms with Crippen LogP contribution in [0.3, 0.4) is 0 Å². The Balaban J connectivity index is 1.65. The van der Waals surface area contributed by atoms with Crippen LogP contribution in [0.2, 0.25) is 0 Å². The third-order valence-electron chi connectivity index (χ3n) is 6.11. The maximum Gasteiger partial charge on any atom is 0.305 e. The van der Waals surface area contributed by atoms with Crippen LogP contribution in [0.4, 0.5) is 0 Å². The highest BCUT2D eigenvalue weighted by molar-refractivity contribution is 8.00. The Bertz CT molecular complexity index is 874. The summed E-state index contributed by atoms with van der Waals surface area (Å²) in [6.45, 7) is 2.45. The summed E-state index contributed by atoms with van der Waals surface area (Å²) in [6, 6.07) is 5.73. The van der Waals surface area contributed by atoms with Crippen LogP contribution in [-0.4, -0.2) is 21.9 Å². The number of fused-ring (bicyclic) bond motifs is 6. The van der Waals surface area contributed by atoms with Crippen molar-refractivity contribution in [3.05, 3.63) is 38.3 Å². The summed E-state index contributed by atoms with van der Waals surface area (Å²) in [5.74, 6) is 3.08. The quantitative estimate of drug-likeness (QED) is 0.844. The number of phenols is 1. The van der Waals surface area contributed by atoms with Crippen molar-refractivity contribution in [1.29, 1.82) is 0 Å². The van der Waals surface area contributed by atoms with Crippen molar-refractivity contribution in [3.8, 4) is 11.5 Å². The largest absolute Gasteiger partial charge is 0.504 e. The van der Waals surface area contributed by atoms with Crippen LogP contribution >= 0.6 is 23.1 Å². The summed E-state index contributed by atoms with van der Waals surface area (Å²) < 4.78 is 5.61. The highest BCUT2D eigenvalue weighted by atomic mass is 32.2. The highest BCUT2D eigenvalue weighted by Crippen LogP contribution is 2.63. The molecule has 1 aliphatic heterocycles. The van der Waals surface area contributed by atoms with Crippen molar-refractivity contribution in [1.82, 2.24) is 4.98 Å². The number of ether oxygens (including phenoxy) is 1. The van der Waals surface area contributed by atoms with Crippen LogP contribution in [0.25, 0.3) is 0 Å². The van der Waals surface area contributed by atoms with E-state index in [9.17, 15) is 9.90 Å². The number of thiazole rings is 1. The molecule has 4 nitrogen and oxygen atoms in total. The molecular weight excluding hydrogens is 354 g/mol. The Morgan fingerprint density at radius 2 is 2.16 bits per heavy atom. The lowest BCUT2D eigenvalue weighted by molar-refractivity contribution is 0.302. The molecule has 0 amide bonds. The van der Waals surface area contributed by atoms with Gasteiger partial charge in [0.15, 0.2) is 11.5 Å².